The Bertz CT molecular complexity index is 604. The molecule has 0 aliphatic heterocycles. The molecule has 0 fully saturated rings. The van der Waals surface area contributed by atoms with E-state index >= 15 is 0 Å². The molecule has 2 N–H and O–H groups in total. The molecular weight excluding hydrogens is 275 g/mol. The van der Waals surface area contributed by atoms with E-state index < -0.39 is 0 Å². The Morgan fingerprint density at radius 2 is 1.85 bits per heavy atom. The third-order valence-corrected chi connectivity index (χ3v) is 3.00. The summed E-state index contributed by atoms with van der Waals surface area (Å²) in [7, 11) is 1.59. The molecule has 20 heavy (non-hydrogen) atoms. The quantitative estimate of drug-likeness (QED) is 0.846. The second-order valence-electron chi connectivity index (χ2n) is 4.10. The normalized spacial score (nSPS) is 9.90. The summed E-state index contributed by atoms with van der Waals surface area (Å²) in [4.78, 5) is 0. The molecule has 0 heterocycles. The van der Waals surface area contributed by atoms with Crippen LogP contribution in [0.25, 0.3) is 0 Å². The van der Waals surface area contributed by atoms with E-state index in [9.17, 15) is 4.39 Å². The van der Waals surface area contributed by atoms with Gasteiger partial charge in [0.1, 0.15) is 11.6 Å². The largest absolute Gasteiger partial charge is 0.495 e. The van der Waals surface area contributed by atoms with Crippen LogP contribution in [0, 0.1) is 5.82 Å². The first kappa shape index (κ1) is 14.3. The minimum atomic E-state index is -0.250. The standard InChI is InChI=1S/C15H15FN2OS/c1-19-14-9-5-4-8-13(14)18-15(20)17-10-11-6-2-3-7-12(11)16/h2-9H,10H2,1H3,(H2,17,18,20). The Kier molecular flexibility index (Phi) is 4.90. The number of benzene rings is 2. The zero-order valence-electron chi connectivity index (χ0n) is 11.0. The molecule has 3 nitrogen and oxygen atoms in total. The fraction of sp³-hybridized carbons (Fsp3) is 0.133. The lowest BCUT2D eigenvalue weighted by Gasteiger charge is -2.13. The van der Waals surface area contributed by atoms with E-state index in [1.165, 1.54) is 6.07 Å². The molecule has 0 aromatic heterocycles. The molecule has 2 rings (SSSR count). The topological polar surface area (TPSA) is 33.3 Å². The highest BCUT2D eigenvalue weighted by atomic mass is 32.1. The minimum Gasteiger partial charge on any atom is -0.495 e. The van der Waals surface area contributed by atoms with Crippen LogP contribution in [0.1, 0.15) is 5.56 Å². The first-order valence-electron chi connectivity index (χ1n) is 6.12. The predicted molar refractivity (Wildman–Crippen MR) is 82.5 cm³/mol. The molecule has 0 aliphatic carbocycles. The summed E-state index contributed by atoms with van der Waals surface area (Å²) >= 11 is 5.19. The van der Waals surface area contributed by atoms with Crippen LogP contribution < -0.4 is 15.4 Å². The lowest BCUT2D eigenvalue weighted by Crippen LogP contribution is -2.28. The number of ether oxygens (including phenoxy) is 1. The maximum absolute atomic E-state index is 13.5. The predicted octanol–water partition coefficient (Wildman–Crippen LogP) is 3.32. The van der Waals surface area contributed by atoms with Gasteiger partial charge in [0.25, 0.3) is 0 Å². The molecule has 5 heteroatoms. The zero-order chi connectivity index (χ0) is 14.4. The average molecular weight is 290 g/mol. The summed E-state index contributed by atoms with van der Waals surface area (Å²) in [6.07, 6.45) is 0. The summed E-state index contributed by atoms with van der Waals surface area (Å²) < 4.78 is 18.7. The van der Waals surface area contributed by atoms with Crippen molar-refractivity contribution in [1.82, 2.24) is 5.32 Å². The van der Waals surface area contributed by atoms with Crippen LogP contribution in [-0.2, 0) is 6.54 Å². The van der Waals surface area contributed by atoms with Gasteiger partial charge in [0.05, 0.1) is 12.8 Å². The Balaban J connectivity index is 1.95. The summed E-state index contributed by atoms with van der Waals surface area (Å²) in [5, 5.41) is 6.40. The molecule has 0 amide bonds. The highest BCUT2D eigenvalue weighted by Crippen LogP contribution is 2.22. The van der Waals surface area contributed by atoms with Crippen LogP contribution in [-0.4, -0.2) is 12.2 Å². The van der Waals surface area contributed by atoms with Gasteiger partial charge in [0, 0.05) is 12.1 Å². The van der Waals surface area contributed by atoms with Gasteiger partial charge >= 0.3 is 0 Å². The lowest BCUT2D eigenvalue weighted by atomic mass is 10.2. The van der Waals surface area contributed by atoms with E-state index in [0.29, 0.717) is 23.0 Å². The monoisotopic (exact) mass is 290 g/mol. The number of rotatable bonds is 4. The number of anilines is 1. The van der Waals surface area contributed by atoms with Crippen molar-refractivity contribution in [3.8, 4) is 5.75 Å². The Morgan fingerprint density at radius 3 is 2.60 bits per heavy atom. The first-order chi connectivity index (χ1) is 9.70. The first-order valence-corrected chi connectivity index (χ1v) is 6.53. The third kappa shape index (κ3) is 3.68. The highest BCUT2D eigenvalue weighted by Gasteiger charge is 2.05. The fourth-order valence-electron chi connectivity index (χ4n) is 1.73. The molecule has 2 aromatic rings. The van der Waals surface area contributed by atoms with Crippen molar-refractivity contribution in [2.75, 3.05) is 12.4 Å². The van der Waals surface area contributed by atoms with Crippen molar-refractivity contribution in [2.45, 2.75) is 6.54 Å². The number of halogens is 1. The van der Waals surface area contributed by atoms with Gasteiger partial charge in [-0.3, -0.25) is 0 Å². The van der Waals surface area contributed by atoms with Gasteiger partial charge in [0.15, 0.2) is 5.11 Å². The van der Waals surface area contributed by atoms with Gasteiger partial charge in [-0.15, -0.1) is 0 Å². The van der Waals surface area contributed by atoms with Gasteiger partial charge in [-0.25, -0.2) is 4.39 Å². The molecule has 0 bridgehead atoms. The molecular formula is C15H15FN2OS. The van der Waals surface area contributed by atoms with E-state index in [-0.39, 0.29) is 5.82 Å². The van der Waals surface area contributed by atoms with Crippen molar-refractivity contribution in [2.24, 2.45) is 0 Å². The van der Waals surface area contributed by atoms with E-state index in [2.05, 4.69) is 10.6 Å². The van der Waals surface area contributed by atoms with Crippen LogP contribution in [0.4, 0.5) is 10.1 Å². The Hall–Kier alpha value is -2.14. The number of hydrogen-bond acceptors (Lipinski definition) is 2. The van der Waals surface area contributed by atoms with E-state index in [1.807, 2.05) is 24.3 Å². The Labute approximate surface area is 122 Å². The number of methoxy groups -OCH3 is 1. The fourth-order valence-corrected chi connectivity index (χ4v) is 1.91. The van der Waals surface area contributed by atoms with E-state index in [0.717, 1.165) is 5.69 Å². The molecule has 2 aromatic carbocycles. The number of thiocarbonyl (C=S) groups is 1. The maximum atomic E-state index is 13.5. The van der Waals surface area contributed by atoms with E-state index in [4.69, 9.17) is 17.0 Å². The van der Waals surface area contributed by atoms with Gasteiger partial charge in [-0.2, -0.15) is 0 Å². The number of nitrogens with one attached hydrogen (secondary N) is 2. The minimum absolute atomic E-state index is 0.250. The molecule has 0 aliphatic rings. The Morgan fingerprint density at radius 1 is 1.15 bits per heavy atom. The lowest BCUT2D eigenvalue weighted by molar-refractivity contribution is 0.417. The molecule has 0 unspecified atom stereocenters. The number of para-hydroxylation sites is 2. The van der Waals surface area contributed by atoms with Crippen LogP contribution in [0.5, 0.6) is 5.75 Å². The van der Waals surface area contributed by atoms with Crippen LogP contribution in [0.2, 0.25) is 0 Å². The molecule has 0 atom stereocenters. The van der Waals surface area contributed by atoms with Gasteiger partial charge in [0.2, 0.25) is 0 Å². The molecule has 0 radical (unpaired) electrons. The molecule has 104 valence electrons. The second kappa shape index (κ2) is 6.86. The van der Waals surface area contributed by atoms with Crippen molar-refractivity contribution >= 4 is 23.0 Å². The molecule has 0 saturated heterocycles. The highest BCUT2D eigenvalue weighted by molar-refractivity contribution is 7.80. The van der Waals surface area contributed by atoms with Gasteiger partial charge < -0.3 is 15.4 Å². The van der Waals surface area contributed by atoms with E-state index in [1.54, 1.807) is 25.3 Å². The van der Waals surface area contributed by atoms with Crippen molar-refractivity contribution in [3.63, 3.8) is 0 Å². The molecule has 0 spiro atoms. The molecule has 0 saturated carbocycles. The SMILES string of the molecule is COc1ccccc1NC(=S)NCc1ccccc1F. The summed E-state index contributed by atoms with van der Waals surface area (Å²) in [6, 6.07) is 14.0. The third-order valence-electron chi connectivity index (χ3n) is 2.75. The van der Waals surface area contributed by atoms with Crippen molar-refractivity contribution in [3.05, 3.63) is 59.9 Å². The summed E-state index contributed by atoms with van der Waals surface area (Å²) in [5.74, 6) is 0.447. The summed E-state index contributed by atoms with van der Waals surface area (Å²) in [5.41, 5.74) is 1.33. The number of hydrogen-bond donors (Lipinski definition) is 2. The smallest absolute Gasteiger partial charge is 0.171 e. The van der Waals surface area contributed by atoms with Crippen molar-refractivity contribution < 1.29 is 9.13 Å². The van der Waals surface area contributed by atoms with Crippen LogP contribution in [0.3, 0.4) is 0 Å². The van der Waals surface area contributed by atoms with Crippen LogP contribution >= 0.6 is 12.2 Å². The second-order valence-corrected chi connectivity index (χ2v) is 4.51. The van der Waals surface area contributed by atoms with Gasteiger partial charge in [-0.1, -0.05) is 30.3 Å². The van der Waals surface area contributed by atoms with Crippen molar-refractivity contribution in [1.29, 1.82) is 0 Å². The summed E-state index contributed by atoms with van der Waals surface area (Å²) in [6.45, 7) is 0.327. The maximum Gasteiger partial charge on any atom is 0.171 e. The average Bonchev–Trinajstić information content (AvgIpc) is 2.47. The van der Waals surface area contributed by atoms with Gasteiger partial charge in [-0.05, 0) is 30.4 Å². The van der Waals surface area contributed by atoms with Crippen LogP contribution in [0.15, 0.2) is 48.5 Å². The zero-order valence-corrected chi connectivity index (χ0v) is 11.8.